The van der Waals surface area contributed by atoms with Crippen molar-refractivity contribution in [2.45, 2.75) is 88.8 Å². The van der Waals surface area contributed by atoms with Gasteiger partial charge in [-0.25, -0.2) is 0 Å². The number of carbonyl (C=O) groups excluding carboxylic acids is 3. The van der Waals surface area contributed by atoms with Crippen LogP contribution in [0.1, 0.15) is 82.7 Å². The second kappa shape index (κ2) is 11.5. The zero-order chi connectivity index (χ0) is 32.7. The van der Waals surface area contributed by atoms with E-state index in [0.29, 0.717) is 25.1 Å². The predicted molar refractivity (Wildman–Crippen MR) is 160 cm³/mol. The minimum atomic E-state index is -1.89. The summed E-state index contributed by atoms with van der Waals surface area (Å²) in [5.74, 6) is -2.13. The third-order valence-corrected chi connectivity index (χ3v) is 10.1. The molecule has 0 bridgehead atoms. The quantitative estimate of drug-likeness (QED) is 0.409. The number of ether oxygens (including phenoxy) is 6. The molecule has 12 heteroatoms. The Bertz CT molecular complexity index is 1610. The lowest BCUT2D eigenvalue weighted by Gasteiger charge is -2.43. The van der Waals surface area contributed by atoms with Gasteiger partial charge in [-0.05, 0) is 24.6 Å². The van der Waals surface area contributed by atoms with E-state index >= 15 is 0 Å². The maximum absolute atomic E-state index is 13.9. The first-order valence-electron chi connectivity index (χ1n) is 15.8. The summed E-state index contributed by atoms with van der Waals surface area (Å²) in [5.41, 5.74) is -1.20. The van der Waals surface area contributed by atoms with Gasteiger partial charge < -0.3 is 38.6 Å². The Morgan fingerprint density at radius 3 is 2.59 bits per heavy atom. The summed E-state index contributed by atoms with van der Waals surface area (Å²) in [7, 11) is 3.00. The minimum Gasteiger partial charge on any atom is -0.507 e. The number of fused-ring (bicyclic) bond motifs is 6. The molecule has 3 fully saturated rings. The number of ketones is 3. The summed E-state index contributed by atoms with van der Waals surface area (Å²) in [4.78, 5) is 43.3. The van der Waals surface area contributed by atoms with Crippen LogP contribution in [0.2, 0.25) is 0 Å². The first kappa shape index (κ1) is 31.4. The molecule has 0 amide bonds. The number of phenolic OH excluding ortho intramolecular Hbond substituents is 1. The van der Waals surface area contributed by atoms with Crippen LogP contribution < -0.4 is 4.74 Å². The van der Waals surface area contributed by atoms with E-state index in [1.165, 1.54) is 13.2 Å². The van der Waals surface area contributed by atoms with Crippen LogP contribution in [-0.4, -0.2) is 102 Å². The van der Waals surface area contributed by atoms with Crippen LogP contribution in [0.25, 0.3) is 0 Å². The standard InChI is InChI=1S/C34H39NO11/c1-15(2)31(39)34(40)13-20-18(11-19-26(29(20)38)27(36)17-7-6-8-22(41-4)25(17)28(19)37)23(14-34)45-24-12-21-30(16(3)44-24)46-32-33(42-5)43-10-9-35(21)32/h6-8,11,15-16,21,23-24,30,32-33,38,40H,9-10,12-14H2,1-5H3/t16-,21-,23-,24-,30+,32+,33-,34-/m0/s1. The van der Waals surface area contributed by atoms with Gasteiger partial charge in [-0.2, -0.15) is 0 Å². The normalized spacial score (nSPS) is 33.6. The topological polar surface area (TPSA) is 150 Å². The third kappa shape index (κ3) is 4.73. The molecule has 0 unspecified atom stereocenters. The average molecular weight is 638 g/mol. The van der Waals surface area contributed by atoms with Gasteiger partial charge in [-0.3, -0.25) is 19.3 Å². The van der Waals surface area contributed by atoms with E-state index in [1.807, 2.05) is 6.92 Å². The van der Waals surface area contributed by atoms with Crippen LogP contribution in [0.15, 0.2) is 24.3 Å². The van der Waals surface area contributed by atoms with Gasteiger partial charge in [0.05, 0.1) is 37.1 Å². The number of hydrogen-bond donors (Lipinski definition) is 2. The van der Waals surface area contributed by atoms with E-state index in [1.54, 1.807) is 39.2 Å². The molecular formula is C34H39NO11. The van der Waals surface area contributed by atoms with Crippen LogP contribution in [0, 0.1) is 5.92 Å². The zero-order valence-electron chi connectivity index (χ0n) is 26.5. The lowest BCUT2D eigenvalue weighted by Crippen LogP contribution is -2.55. The number of morpholine rings is 1. The molecule has 46 heavy (non-hydrogen) atoms. The predicted octanol–water partition coefficient (Wildman–Crippen LogP) is 2.67. The smallest absolute Gasteiger partial charge is 0.198 e. The molecule has 7 rings (SSSR count). The van der Waals surface area contributed by atoms with Crippen molar-refractivity contribution in [1.82, 2.24) is 4.90 Å². The van der Waals surface area contributed by atoms with Crippen LogP contribution >= 0.6 is 0 Å². The van der Waals surface area contributed by atoms with Crippen molar-refractivity contribution in [3.63, 3.8) is 0 Å². The molecule has 3 saturated heterocycles. The lowest BCUT2D eigenvalue weighted by atomic mass is 9.71. The number of aromatic hydroxyl groups is 1. The molecule has 246 valence electrons. The van der Waals surface area contributed by atoms with E-state index in [4.69, 9.17) is 28.4 Å². The van der Waals surface area contributed by atoms with E-state index < -0.39 is 59.5 Å². The van der Waals surface area contributed by atoms with Crippen LogP contribution in [0.3, 0.4) is 0 Å². The minimum absolute atomic E-state index is 0.0106. The summed E-state index contributed by atoms with van der Waals surface area (Å²) >= 11 is 0. The largest absolute Gasteiger partial charge is 0.507 e. The number of hydrogen-bond acceptors (Lipinski definition) is 12. The highest BCUT2D eigenvalue weighted by molar-refractivity contribution is 6.30. The molecule has 8 atom stereocenters. The molecule has 0 saturated carbocycles. The lowest BCUT2D eigenvalue weighted by molar-refractivity contribution is -0.256. The highest BCUT2D eigenvalue weighted by Crippen LogP contribution is 2.49. The van der Waals surface area contributed by atoms with Crippen LogP contribution in [0.5, 0.6) is 11.5 Å². The van der Waals surface area contributed by atoms with Gasteiger partial charge in [0.1, 0.15) is 23.2 Å². The monoisotopic (exact) mass is 637 g/mol. The van der Waals surface area contributed by atoms with Crippen LogP contribution in [-0.2, 0) is 34.9 Å². The number of carbonyl (C=O) groups is 3. The molecule has 0 radical (unpaired) electrons. The molecule has 0 aromatic heterocycles. The fourth-order valence-corrected chi connectivity index (χ4v) is 7.93. The average Bonchev–Trinajstić information content (AvgIpc) is 3.42. The van der Waals surface area contributed by atoms with Gasteiger partial charge in [0, 0.05) is 61.6 Å². The number of aliphatic hydroxyl groups is 1. The molecule has 3 heterocycles. The van der Waals surface area contributed by atoms with E-state index in [2.05, 4.69) is 4.90 Å². The maximum Gasteiger partial charge on any atom is 0.198 e. The van der Waals surface area contributed by atoms with Gasteiger partial charge in [-0.1, -0.05) is 26.0 Å². The number of phenols is 1. The summed E-state index contributed by atoms with van der Waals surface area (Å²) in [6, 6.07) is 6.21. The number of methoxy groups -OCH3 is 2. The van der Waals surface area contributed by atoms with E-state index in [0.717, 1.165) is 0 Å². The van der Waals surface area contributed by atoms with Crippen molar-refractivity contribution < 1.29 is 53.0 Å². The molecule has 2 aliphatic carbocycles. The number of nitrogens with zero attached hydrogens (tertiary/aromatic N) is 1. The molecular weight excluding hydrogens is 598 g/mol. The number of Topliss-reactive ketones (excluding diaryl/α,β-unsaturated/α-hetero) is 1. The molecule has 2 aromatic rings. The maximum atomic E-state index is 13.9. The molecule has 3 aliphatic heterocycles. The van der Waals surface area contributed by atoms with Crippen molar-refractivity contribution in [3.05, 3.63) is 57.6 Å². The second-order valence-electron chi connectivity index (χ2n) is 13.1. The van der Waals surface area contributed by atoms with Crippen molar-refractivity contribution >= 4 is 17.3 Å². The van der Waals surface area contributed by atoms with Crippen molar-refractivity contribution in [2.24, 2.45) is 5.92 Å². The Balaban J connectivity index is 1.27. The highest BCUT2D eigenvalue weighted by Gasteiger charge is 2.55. The Labute approximate surface area is 266 Å². The van der Waals surface area contributed by atoms with Gasteiger partial charge in [0.25, 0.3) is 0 Å². The van der Waals surface area contributed by atoms with Gasteiger partial charge in [0.15, 0.2) is 36.2 Å². The first-order chi connectivity index (χ1) is 22.0. The zero-order valence-corrected chi connectivity index (χ0v) is 26.5. The second-order valence-corrected chi connectivity index (χ2v) is 13.1. The highest BCUT2D eigenvalue weighted by atomic mass is 16.7. The molecule has 2 N–H and O–H groups in total. The van der Waals surface area contributed by atoms with Gasteiger partial charge in [-0.15, -0.1) is 0 Å². The third-order valence-electron chi connectivity index (χ3n) is 10.1. The van der Waals surface area contributed by atoms with E-state index in [9.17, 15) is 24.6 Å². The van der Waals surface area contributed by atoms with Gasteiger partial charge in [0.2, 0.25) is 0 Å². The fourth-order valence-electron chi connectivity index (χ4n) is 7.93. The van der Waals surface area contributed by atoms with Gasteiger partial charge >= 0.3 is 0 Å². The van der Waals surface area contributed by atoms with E-state index in [-0.39, 0.29) is 64.7 Å². The Morgan fingerprint density at radius 1 is 1.11 bits per heavy atom. The molecule has 2 aromatic carbocycles. The molecule has 5 aliphatic rings. The van der Waals surface area contributed by atoms with Crippen molar-refractivity contribution in [2.75, 3.05) is 27.4 Å². The summed E-state index contributed by atoms with van der Waals surface area (Å²) < 4.78 is 35.9. The number of rotatable bonds is 6. The summed E-state index contributed by atoms with van der Waals surface area (Å²) in [6.45, 7) is 6.42. The number of benzene rings is 2. The Kier molecular flexibility index (Phi) is 7.83. The molecule has 12 nitrogen and oxygen atoms in total. The SMILES string of the molecule is COc1cccc2c1C(=O)c1cc3c(c(O)c1C2=O)C[C@@](O)(C(=O)C(C)C)C[C@@H]3O[C@H]1C[C@H]2[C@H](O[C@@H]3[C@@H](OC)OCCN32)[C@H](C)O1. The Hall–Kier alpha value is -3.23. The van der Waals surface area contributed by atoms with Crippen LogP contribution in [0.4, 0.5) is 0 Å². The summed E-state index contributed by atoms with van der Waals surface area (Å²) in [5, 5.41) is 23.5. The fraction of sp³-hybridized carbons (Fsp3) is 0.559. The van der Waals surface area contributed by atoms with Crippen molar-refractivity contribution in [1.29, 1.82) is 0 Å². The summed E-state index contributed by atoms with van der Waals surface area (Å²) in [6.07, 6.45) is -3.21. The Morgan fingerprint density at radius 2 is 1.87 bits per heavy atom. The molecule has 0 spiro atoms. The first-order valence-corrected chi connectivity index (χ1v) is 15.8. The van der Waals surface area contributed by atoms with Crippen molar-refractivity contribution in [3.8, 4) is 11.5 Å².